The highest BCUT2D eigenvalue weighted by atomic mass is 16.5. The fourth-order valence-corrected chi connectivity index (χ4v) is 3.90. The van der Waals surface area contributed by atoms with E-state index in [2.05, 4.69) is 60.5 Å². The van der Waals surface area contributed by atoms with Gasteiger partial charge in [0.05, 0.1) is 13.2 Å². The smallest absolute Gasteiger partial charge is 0.119 e. The van der Waals surface area contributed by atoms with Crippen molar-refractivity contribution in [3.05, 3.63) is 64.3 Å². The standard InChI is InChI=1S/C21H24N2O/c1-4-14-12-15(24-3)6-7-16(14)20-21-17(9-10-22-20)18-11-13(2)5-8-19(18)23-21/h5-8,11-12,20,22-23H,4,9-10H2,1-3H3. The van der Waals surface area contributed by atoms with Gasteiger partial charge in [-0.25, -0.2) is 0 Å². The van der Waals surface area contributed by atoms with Gasteiger partial charge in [0.25, 0.3) is 0 Å². The molecule has 0 amide bonds. The molecule has 1 aliphatic rings. The van der Waals surface area contributed by atoms with Crippen molar-refractivity contribution in [2.75, 3.05) is 13.7 Å². The van der Waals surface area contributed by atoms with Crippen molar-refractivity contribution in [1.29, 1.82) is 0 Å². The van der Waals surface area contributed by atoms with Crippen molar-refractivity contribution >= 4 is 10.9 Å². The van der Waals surface area contributed by atoms with Gasteiger partial charge in [-0.1, -0.05) is 24.6 Å². The summed E-state index contributed by atoms with van der Waals surface area (Å²) in [5, 5.41) is 5.09. The monoisotopic (exact) mass is 320 g/mol. The number of aryl methyl sites for hydroxylation is 2. The van der Waals surface area contributed by atoms with Gasteiger partial charge in [-0.15, -0.1) is 0 Å². The first kappa shape index (κ1) is 15.3. The molecule has 1 aromatic heterocycles. The van der Waals surface area contributed by atoms with Crippen LogP contribution in [0.15, 0.2) is 36.4 Å². The Labute approximate surface area is 143 Å². The predicted octanol–water partition coefficient (Wildman–Crippen LogP) is 4.28. The average Bonchev–Trinajstić information content (AvgIpc) is 2.99. The summed E-state index contributed by atoms with van der Waals surface area (Å²) in [4.78, 5) is 3.68. The first-order chi connectivity index (χ1) is 11.7. The zero-order chi connectivity index (χ0) is 16.7. The van der Waals surface area contributed by atoms with Crippen molar-refractivity contribution in [3.8, 4) is 5.75 Å². The molecule has 1 atom stereocenters. The Morgan fingerprint density at radius 2 is 2.04 bits per heavy atom. The van der Waals surface area contributed by atoms with Crippen molar-refractivity contribution in [3.63, 3.8) is 0 Å². The van der Waals surface area contributed by atoms with Crippen LogP contribution in [0.3, 0.4) is 0 Å². The second-order valence-corrected chi connectivity index (χ2v) is 6.62. The number of hydrogen-bond donors (Lipinski definition) is 2. The number of H-pyrrole nitrogens is 1. The van der Waals surface area contributed by atoms with Crippen LogP contribution in [0.5, 0.6) is 5.75 Å². The SMILES string of the molecule is CCc1cc(OC)ccc1C1NCCc2c1[nH]c1ccc(C)cc21. The molecule has 2 aromatic carbocycles. The molecule has 2 heterocycles. The number of rotatable bonds is 3. The maximum Gasteiger partial charge on any atom is 0.119 e. The molecule has 0 radical (unpaired) electrons. The van der Waals surface area contributed by atoms with E-state index in [1.807, 2.05) is 0 Å². The molecule has 0 aliphatic carbocycles. The second-order valence-electron chi connectivity index (χ2n) is 6.62. The summed E-state index contributed by atoms with van der Waals surface area (Å²) in [7, 11) is 1.73. The summed E-state index contributed by atoms with van der Waals surface area (Å²) < 4.78 is 5.40. The van der Waals surface area contributed by atoms with Gasteiger partial charge in [-0.3, -0.25) is 0 Å². The Kier molecular flexibility index (Phi) is 3.81. The molecule has 124 valence electrons. The highest BCUT2D eigenvalue weighted by molar-refractivity contribution is 5.86. The molecular weight excluding hydrogens is 296 g/mol. The third-order valence-corrected chi connectivity index (χ3v) is 5.15. The average molecular weight is 320 g/mol. The molecule has 1 aliphatic heterocycles. The van der Waals surface area contributed by atoms with Gasteiger partial charge in [0.2, 0.25) is 0 Å². The van der Waals surface area contributed by atoms with E-state index in [0.717, 1.165) is 25.1 Å². The molecule has 3 nitrogen and oxygen atoms in total. The minimum absolute atomic E-state index is 0.224. The molecule has 3 heteroatoms. The van der Waals surface area contributed by atoms with Crippen molar-refractivity contribution < 1.29 is 4.74 Å². The molecule has 0 fully saturated rings. The van der Waals surface area contributed by atoms with Crippen molar-refractivity contribution in [2.45, 2.75) is 32.7 Å². The number of benzene rings is 2. The van der Waals surface area contributed by atoms with E-state index in [9.17, 15) is 0 Å². The van der Waals surface area contributed by atoms with Crippen LogP contribution < -0.4 is 10.1 Å². The minimum atomic E-state index is 0.224. The maximum atomic E-state index is 5.40. The molecule has 2 N–H and O–H groups in total. The summed E-state index contributed by atoms with van der Waals surface area (Å²) >= 11 is 0. The third-order valence-electron chi connectivity index (χ3n) is 5.15. The third kappa shape index (κ3) is 2.40. The van der Waals surface area contributed by atoms with Crippen LogP contribution in [0.2, 0.25) is 0 Å². The van der Waals surface area contributed by atoms with E-state index in [1.165, 1.54) is 38.9 Å². The fraction of sp³-hybridized carbons (Fsp3) is 0.333. The van der Waals surface area contributed by atoms with Crippen LogP contribution in [-0.4, -0.2) is 18.6 Å². The quantitative estimate of drug-likeness (QED) is 0.755. The Morgan fingerprint density at radius 1 is 1.17 bits per heavy atom. The molecule has 0 bridgehead atoms. The number of methoxy groups -OCH3 is 1. The van der Waals surface area contributed by atoms with E-state index in [4.69, 9.17) is 4.74 Å². The number of aromatic nitrogens is 1. The van der Waals surface area contributed by atoms with Crippen LogP contribution in [0.25, 0.3) is 10.9 Å². The van der Waals surface area contributed by atoms with E-state index in [0.29, 0.717) is 0 Å². The van der Waals surface area contributed by atoms with Gasteiger partial charge in [-0.2, -0.15) is 0 Å². The molecule has 24 heavy (non-hydrogen) atoms. The zero-order valence-corrected chi connectivity index (χ0v) is 14.6. The van der Waals surface area contributed by atoms with E-state index >= 15 is 0 Å². The number of aromatic amines is 1. The lowest BCUT2D eigenvalue weighted by Gasteiger charge is -2.27. The van der Waals surface area contributed by atoms with Crippen LogP contribution in [-0.2, 0) is 12.8 Å². The fourth-order valence-electron chi connectivity index (χ4n) is 3.90. The van der Waals surface area contributed by atoms with Gasteiger partial charge >= 0.3 is 0 Å². The molecule has 3 aromatic rings. The Balaban J connectivity index is 1.86. The largest absolute Gasteiger partial charge is 0.497 e. The predicted molar refractivity (Wildman–Crippen MR) is 99.0 cm³/mol. The first-order valence-corrected chi connectivity index (χ1v) is 8.72. The van der Waals surface area contributed by atoms with Gasteiger partial charge in [0.15, 0.2) is 0 Å². The van der Waals surface area contributed by atoms with E-state index in [1.54, 1.807) is 7.11 Å². The lowest BCUT2D eigenvalue weighted by atomic mass is 9.90. The summed E-state index contributed by atoms with van der Waals surface area (Å²) in [6, 6.07) is 13.4. The molecule has 0 saturated carbocycles. The van der Waals surface area contributed by atoms with Crippen LogP contribution in [0.4, 0.5) is 0 Å². The molecule has 4 rings (SSSR count). The van der Waals surface area contributed by atoms with Crippen molar-refractivity contribution in [1.82, 2.24) is 10.3 Å². The van der Waals surface area contributed by atoms with Crippen LogP contribution in [0, 0.1) is 6.92 Å². The molecular formula is C21H24N2O. The lowest BCUT2D eigenvalue weighted by Crippen LogP contribution is -2.31. The minimum Gasteiger partial charge on any atom is -0.497 e. The number of nitrogens with one attached hydrogen (secondary N) is 2. The van der Waals surface area contributed by atoms with E-state index < -0.39 is 0 Å². The second kappa shape index (κ2) is 5.99. The van der Waals surface area contributed by atoms with E-state index in [-0.39, 0.29) is 6.04 Å². The summed E-state index contributed by atoms with van der Waals surface area (Å²) in [5.74, 6) is 0.930. The maximum absolute atomic E-state index is 5.40. The summed E-state index contributed by atoms with van der Waals surface area (Å²) in [5.41, 5.74) is 8.04. The highest BCUT2D eigenvalue weighted by Gasteiger charge is 2.26. The molecule has 0 spiro atoms. The van der Waals surface area contributed by atoms with Crippen molar-refractivity contribution in [2.24, 2.45) is 0 Å². The number of hydrogen-bond acceptors (Lipinski definition) is 2. The summed E-state index contributed by atoms with van der Waals surface area (Å²) in [6.45, 7) is 5.38. The lowest BCUT2D eigenvalue weighted by molar-refractivity contribution is 0.413. The Hall–Kier alpha value is -2.26. The van der Waals surface area contributed by atoms with Crippen LogP contribution >= 0.6 is 0 Å². The molecule has 0 saturated heterocycles. The topological polar surface area (TPSA) is 37.0 Å². The summed E-state index contributed by atoms with van der Waals surface area (Å²) in [6.07, 6.45) is 2.08. The van der Waals surface area contributed by atoms with Crippen LogP contribution in [0.1, 0.15) is 40.9 Å². The first-order valence-electron chi connectivity index (χ1n) is 8.72. The number of fused-ring (bicyclic) bond motifs is 3. The Bertz CT molecular complexity index is 894. The normalized spacial score (nSPS) is 17.0. The van der Waals surface area contributed by atoms with Gasteiger partial charge in [0.1, 0.15) is 5.75 Å². The highest BCUT2D eigenvalue weighted by Crippen LogP contribution is 2.36. The van der Waals surface area contributed by atoms with Gasteiger partial charge in [-0.05, 0) is 60.7 Å². The number of ether oxygens (including phenoxy) is 1. The Morgan fingerprint density at radius 3 is 2.83 bits per heavy atom. The van der Waals surface area contributed by atoms with Gasteiger partial charge in [0, 0.05) is 23.1 Å². The molecule has 1 unspecified atom stereocenters. The van der Waals surface area contributed by atoms with Gasteiger partial charge < -0.3 is 15.0 Å². The zero-order valence-electron chi connectivity index (χ0n) is 14.6.